The van der Waals surface area contributed by atoms with Gasteiger partial charge in [0, 0.05) is 40.5 Å². The fourth-order valence-corrected chi connectivity index (χ4v) is 4.63. The molecule has 3 aromatic carbocycles. The summed E-state index contributed by atoms with van der Waals surface area (Å²) in [5.41, 5.74) is 12.7. The van der Waals surface area contributed by atoms with Gasteiger partial charge in [0.15, 0.2) is 11.6 Å². The maximum atomic E-state index is 15.0. The molecule has 4 N–H and O–H groups in total. The van der Waals surface area contributed by atoms with Crippen LogP contribution < -0.4 is 16.2 Å². The van der Waals surface area contributed by atoms with Crippen LogP contribution in [0.3, 0.4) is 0 Å². The van der Waals surface area contributed by atoms with Crippen molar-refractivity contribution in [2.75, 3.05) is 7.11 Å². The largest absolute Gasteiger partial charge is 0.494 e. The minimum atomic E-state index is -1.45. The molecule has 0 radical (unpaired) electrons. The van der Waals surface area contributed by atoms with Crippen molar-refractivity contribution in [3.05, 3.63) is 88.7 Å². The first-order valence-electron chi connectivity index (χ1n) is 9.93. The number of aliphatic imine (C=N–C) groups is 1. The molecule has 1 aliphatic heterocycles. The van der Waals surface area contributed by atoms with Gasteiger partial charge in [0.25, 0.3) is 0 Å². The number of fused-ring (bicyclic) bond motifs is 1. The average molecular weight is 458 g/mol. The summed E-state index contributed by atoms with van der Waals surface area (Å²) in [6, 6.07) is 13.9. The Balaban J connectivity index is 1.63. The molecule has 8 heteroatoms. The van der Waals surface area contributed by atoms with Gasteiger partial charge in [0.2, 0.25) is 0 Å². The van der Waals surface area contributed by atoms with Crippen molar-refractivity contribution in [3.8, 4) is 5.75 Å². The second kappa shape index (κ2) is 8.97. The predicted octanol–water partition coefficient (Wildman–Crippen LogP) is 4.84. The number of ether oxygens (including phenoxy) is 1. The Morgan fingerprint density at radius 3 is 2.38 bits per heavy atom. The first-order chi connectivity index (χ1) is 15.3. The van der Waals surface area contributed by atoms with Crippen LogP contribution in [0.5, 0.6) is 5.75 Å². The van der Waals surface area contributed by atoms with E-state index in [1.54, 1.807) is 0 Å². The highest BCUT2D eigenvalue weighted by Gasteiger charge is 2.40. The molecule has 0 spiro atoms. The minimum absolute atomic E-state index is 0.00382. The molecule has 0 fully saturated rings. The molecule has 3 aromatic rings. The van der Waals surface area contributed by atoms with Crippen LogP contribution >= 0.6 is 11.8 Å². The first-order valence-corrected chi connectivity index (χ1v) is 10.9. The van der Waals surface area contributed by atoms with Gasteiger partial charge < -0.3 is 16.2 Å². The van der Waals surface area contributed by atoms with Crippen LogP contribution in [0.1, 0.15) is 16.7 Å². The van der Waals surface area contributed by atoms with Crippen molar-refractivity contribution < 1.29 is 17.9 Å². The molecule has 1 heterocycles. The number of nitrogens with zero attached hydrogens (tertiary/aromatic N) is 1. The molecular formula is C24H22F3N3OS. The lowest BCUT2D eigenvalue weighted by Gasteiger charge is -2.37. The van der Waals surface area contributed by atoms with Gasteiger partial charge in [0.05, 0.1) is 24.4 Å². The molecule has 1 aliphatic rings. The van der Waals surface area contributed by atoms with Crippen LogP contribution in [0.15, 0.2) is 64.5 Å². The number of halogens is 3. The van der Waals surface area contributed by atoms with Gasteiger partial charge in [-0.15, -0.1) is 11.8 Å². The van der Waals surface area contributed by atoms with Gasteiger partial charge in [0.1, 0.15) is 11.6 Å². The quantitative estimate of drug-likeness (QED) is 0.520. The minimum Gasteiger partial charge on any atom is -0.494 e. The molecule has 0 saturated carbocycles. The Bertz CT molecular complexity index is 1150. The standard InChI is InChI=1S/C24H22F3N3OS/c1-31-22-10-21-17(9-20(22)27)24(29,23(28)12-30-21)11-16-18(25)7-15(8-19(16)26)32-13-14-5-3-2-4-6-14/h2-10,12,23H,11,13,28-29H2,1H3. The van der Waals surface area contributed by atoms with Crippen molar-refractivity contribution in [1.29, 1.82) is 0 Å². The summed E-state index contributed by atoms with van der Waals surface area (Å²) in [5.74, 6) is -1.53. The van der Waals surface area contributed by atoms with Gasteiger partial charge in [-0.05, 0) is 23.8 Å². The number of thioether (sulfide) groups is 1. The van der Waals surface area contributed by atoms with Crippen molar-refractivity contribution in [1.82, 2.24) is 0 Å². The number of benzene rings is 3. The molecule has 2 unspecified atom stereocenters. The van der Waals surface area contributed by atoms with Crippen LogP contribution in [-0.2, 0) is 17.7 Å². The zero-order valence-corrected chi connectivity index (χ0v) is 18.1. The number of methoxy groups -OCH3 is 1. The Hall–Kier alpha value is -2.81. The highest BCUT2D eigenvalue weighted by molar-refractivity contribution is 7.98. The lowest BCUT2D eigenvalue weighted by Crippen LogP contribution is -2.56. The number of nitrogens with two attached hydrogens (primary N) is 2. The van der Waals surface area contributed by atoms with Crippen molar-refractivity contribution in [3.63, 3.8) is 0 Å². The van der Waals surface area contributed by atoms with E-state index in [1.807, 2.05) is 30.3 Å². The second-order valence-corrected chi connectivity index (χ2v) is 8.71. The summed E-state index contributed by atoms with van der Waals surface area (Å²) < 4.78 is 49.4. The maximum absolute atomic E-state index is 15.0. The summed E-state index contributed by atoms with van der Waals surface area (Å²) in [6.07, 6.45) is 1.14. The van der Waals surface area contributed by atoms with E-state index in [-0.39, 0.29) is 23.3 Å². The molecule has 0 saturated heterocycles. The second-order valence-electron chi connectivity index (χ2n) is 7.66. The van der Waals surface area contributed by atoms with E-state index in [0.717, 1.165) is 5.56 Å². The summed E-state index contributed by atoms with van der Waals surface area (Å²) >= 11 is 1.33. The van der Waals surface area contributed by atoms with Gasteiger partial charge in [-0.25, -0.2) is 13.2 Å². The smallest absolute Gasteiger partial charge is 0.165 e. The third-order valence-corrected chi connectivity index (χ3v) is 6.62. The van der Waals surface area contributed by atoms with E-state index in [0.29, 0.717) is 16.3 Å². The molecule has 2 atom stereocenters. The fraction of sp³-hybridized carbons (Fsp3) is 0.208. The molecule has 0 amide bonds. The van der Waals surface area contributed by atoms with Gasteiger partial charge in [-0.2, -0.15) is 0 Å². The van der Waals surface area contributed by atoms with Gasteiger partial charge in [-0.3, -0.25) is 4.99 Å². The van der Waals surface area contributed by atoms with Crippen LogP contribution in [0, 0.1) is 17.5 Å². The summed E-state index contributed by atoms with van der Waals surface area (Å²) in [7, 11) is 1.33. The Morgan fingerprint density at radius 1 is 1.03 bits per heavy atom. The van der Waals surface area contributed by atoms with Crippen molar-refractivity contribution >= 4 is 23.7 Å². The third kappa shape index (κ3) is 4.26. The van der Waals surface area contributed by atoms with Crippen molar-refractivity contribution in [2.24, 2.45) is 16.5 Å². The van der Waals surface area contributed by atoms with E-state index >= 15 is 0 Å². The fourth-order valence-electron chi connectivity index (χ4n) is 3.73. The van der Waals surface area contributed by atoms with Crippen LogP contribution in [-0.4, -0.2) is 19.4 Å². The average Bonchev–Trinajstić information content (AvgIpc) is 2.78. The summed E-state index contributed by atoms with van der Waals surface area (Å²) in [5, 5.41) is 0. The normalized spacial score (nSPS) is 19.6. The summed E-state index contributed by atoms with van der Waals surface area (Å²) in [6.45, 7) is 0. The van der Waals surface area contributed by atoms with Crippen molar-refractivity contribution in [2.45, 2.75) is 28.6 Å². The Morgan fingerprint density at radius 2 is 1.72 bits per heavy atom. The van der Waals surface area contributed by atoms with E-state index in [2.05, 4.69) is 4.99 Å². The predicted molar refractivity (Wildman–Crippen MR) is 121 cm³/mol. The zero-order valence-electron chi connectivity index (χ0n) is 17.3. The SMILES string of the molecule is COc1cc2c(cc1F)C(N)(Cc1c(F)cc(SCc3ccccc3)cc1F)C(N)C=N2. The monoisotopic (exact) mass is 457 g/mol. The van der Waals surface area contributed by atoms with E-state index in [4.69, 9.17) is 16.2 Å². The van der Waals surface area contributed by atoms with E-state index in [1.165, 1.54) is 49.4 Å². The van der Waals surface area contributed by atoms with E-state index < -0.39 is 29.0 Å². The first kappa shape index (κ1) is 22.4. The highest BCUT2D eigenvalue weighted by Crippen LogP contribution is 2.40. The molecule has 0 aliphatic carbocycles. The zero-order chi connectivity index (χ0) is 22.9. The van der Waals surface area contributed by atoms with Crippen LogP contribution in [0.4, 0.5) is 18.9 Å². The molecule has 166 valence electrons. The lowest BCUT2D eigenvalue weighted by molar-refractivity contribution is 0.374. The third-order valence-electron chi connectivity index (χ3n) is 5.57. The number of hydrogen-bond acceptors (Lipinski definition) is 5. The van der Waals surface area contributed by atoms with Crippen LogP contribution in [0.25, 0.3) is 0 Å². The van der Waals surface area contributed by atoms with E-state index in [9.17, 15) is 13.2 Å². The molecule has 0 aromatic heterocycles. The molecular weight excluding hydrogens is 435 g/mol. The maximum Gasteiger partial charge on any atom is 0.165 e. The van der Waals surface area contributed by atoms with Gasteiger partial charge in [-0.1, -0.05) is 30.3 Å². The topological polar surface area (TPSA) is 73.6 Å². The molecule has 4 rings (SSSR count). The molecule has 0 bridgehead atoms. The lowest BCUT2D eigenvalue weighted by atomic mass is 9.77. The Labute approximate surface area is 188 Å². The molecule has 4 nitrogen and oxygen atoms in total. The Kier molecular flexibility index (Phi) is 6.28. The highest BCUT2D eigenvalue weighted by atomic mass is 32.2. The van der Waals surface area contributed by atoms with Gasteiger partial charge >= 0.3 is 0 Å². The molecule has 32 heavy (non-hydrogen) atoms. The van der Waals surface area contributed by atoms with Crippen LogP contribution in [0.2, 0.25) is 0 Å². The summed E-state index contributed by atoms with van der Waals surface area (Å²) in [4.78, 5) is 4.67. The number of hydrogen-bond donors (Lipinski definition) is 2. The number of rotatable bonds is 6.